The lowest BCUT2D eigenvalue weighted by Gasteiger charge is -2.47. The number of hydrogen-bond donors (Lipinski definition) is 1. The molecule has 5 rings (SSSR count). The van der Waals surface area contributed by atoms with Gasteiger partial charge in [-0.05, 0) is 47.3 Å². The first-order chi connectivity index (χ1) is 25.5. The minimum absolute atomic E-state index is 0.0233. The summed E-state index contributed by atoms with van der Waals surface area (Å²) in [6.07, 6.45) is -5.08. The molecule has 0 unspecified atom stereocenters. The second-order valence-corrected chi connectivity index (χ2v) is 19.9. The quantitative estimate of drug-likeness (QED) is 0.0914. The van der Waals surface area contributed by atoms with Crippen LogP contribution in [0.4, 0.5) is 0 Å². The van der Waals surface area contributed by atoms with E-state index in [0.29, 0.717) is 19.8 Å². The van der Waals surface area contributed by atoms with Gasteiger partial charge in [0.05, 0.1) is 33.0 Å². The Balaban J connectivity index is 1.48. The Hall–Kier alpha value is -3.62. The van der Waals surface area contributed by atoms with E-state index in [0.717, 1.165) is 22.3 Å². The Kier molecular flexibility index (Phi) is 15.0. The molecule has 1 fully saturated rings. The van der Waals surface area contributed by atoms with Crippen LogP contribution in [0.3, 0.4) is 0 Å². The van der Waals surface area contributed by atoms with Crippen molar-refractivity contribution in [3.8, 4) is 11.8 Å². The maximum absolute atomic E-state index is 11.9. The molecule has 0 amide bonds. The molecule has 1 heterocycles. The number of benzene rings is 4. The molecule has 8 heteroatoms. The number of rotatable bonds is 16. The van der Waals surface area contributed by atoms with Crippen molar-refractivity contribution in [3.05, 3.63) is 144 Å². The third kappa shape index (κ3) is 12.2. The number of aliphatic hydroxyl groups is 1. The number of ether oxygens (including phenoxy) is 5. The normalized spacial score (nSPS) is 21.7. The topological polar surface area (TPSA) is 75.6 Å². The molecule has 1 aliphatic heterocycles. The Morgan fingerprint density at radius 1 is 0.623 bits per heavy atom. The lowest BCUT2D eigenvalue weighted by Crippen LogP contribution is -2.63. The van der Waals surface area contributed by atoms with Gasteiger partial charge in [0, 0.05) is 0 Å². The van der Waals surface area contributed by atoms with Gasteiger partial charge in [0.25, 0.3) is 0 Å². The highest BCUT2D eigenvalue weighted by molar-refractivity contribution is 6.74. The monoisotopic (exact) mass is 736 g/mol. The average molecular weight is 737 g/mol. The summed E-state index contributed by atoms with van der Waals surface area (Å²) in [6, 6.07) is 40.0. The van der Waals surface area contributed by atoms with Gasteiger partial charge in [-0.1, -0.05) is 154 Å². The Bertz CT molecular complexity index is 1690. The van der Waals surface area contributed by atoms with Crippen LogP contribution in [-0.2, 0) is 54.5 Å². The van der Waals surface area contributed by atoms with Crippen molar-refractivity contribution in [3.63, 3.8) is 0 Å². The molecule has 7 atom stereocenters. The summed E-state index contributed by atoms with van der Waals surface area (Å²) >= 11 is 0. The SMILES string of the molecule is C[C@H](C#C[C@H](O)[C@@H]1O[C@H](COCc2ccccc2)[C@@H](OCc2ccccc2)[C@H](OCc2ccccc2)[C@H]1OCc1ccccc1)O[Si](C)(C)C(C)(C)C. The van der Waals surface area contributed by atoms with Crippen LogP contribution in [0.15, 0.2) is 121 Å². The summed E-state index contributed by atoms with van der Waals surface area (Å²) in [5, 5.41) is 11.9. The molecule has 4 aromatic carbocycles. The number of aliphatic hydroxyl groups excluding tert-OH is 1. The molecule has 0 bridgehead atoms. The minimum atomic E-state index is -2.09. The van der Waals surface area contributed by atoms with Crippen molar-refractivity contribution in [2.75, 3.05) is 6.61 Å². The molecule has 0 saturated carbocycles. The van der Waals surface area contributed by atoms with Gasteiger partial charge < -0.3 is 33.2 Å². The largest absolute Gasteiger partial charge is 0.404 e. The molecule has 1 saturated heterocycles. The zero-order valence-corrected chi connectivity index (χ0v) is 33.0. The zero-order valence-electron chi connectivity index (χ0n) is 32.0. The fraction of sp³-hybridized carbons (Fsp3) is 0.422. The summed E-state index contributed by atoms with van der Waals surface area (Å²) < 4.78 is 39.9. The second-order valence-electron chi connectivity index (χ2n) is 15.2. The van der Waals surface area contributed by atoms with Gasteiger partial charge in [-0.15, -0.1) is 0 Å². The van der Waals surface area contributed by atoms with Crippen LogP contribution in [0.5, 0.6) is 0 Å². The van der Waals surface area contributed by atoms with E-state index < -0.39 is 44.9 Å². The standard InChI is InChI=1S/C45H56O7Si/c1-34(52-53(5,6)45(2,3)4)27-28-39(46)41-43(49-31-37-23-15-9-16-24-37)44(50-32-38-25-17-10-18-26-38)42(48-30-36-21-13-8-14-22-36)40(51-41)33-47-29-35-19-11-7-12-20-35/h7-26,34,39-44,46H,29-33H2,1-6H3/t34-,39+,40-,41+,42-,43+,44+/m1/s1. The maximum Gasteiger partial charge on any atom is 0.193 e. The van der Waals surface area contributed by atoms with E-state index in [-0.39, 0.29) is 24.4 Å². The van der Waals surface area contributed by atoms with Gasteiger partial charge >= 0.3 is 0 Å². The summed E-state index contributed by atoms with van der Waals surface area (Å²) in [5.74, 6) is 6.27. The van der Waals surface area contributed by atoms with Gasteiger partial charge in [0.15, 0.2) is 8.32 Å². The third-order valence-electron chi connectivity index (χ3n) is 9.94. The fourth-order valence-electron chi connectivity index (χ4n) is 6.01. The summed E-state index contributed by atoms with van der Waals surface area (Å²) in [4.78, 5) is 0. The molecule has 1 aliphatic rings. The smallest absolute Gasteiger partial charge is 0.193 e. The molecule has 0 radical (unpaired) electrons. The third-order valence-corrected chi connectivity index (χ3v) is 14.5. The highest BCUT2D eigenvalue weighted by Crippen LogP contribution is 2.37. The van der Waals surface area contributed by atoms with Crippen LogP contribution < -0.4 is 0 Å². The fourth-order valence-corrected chi connectivity index (χ4v) is 7.31. The van der Waals surface area contributed by atoms with Gasteiger partial charge in [0.2, 0.25) is 0 Å². The van der Waals surface area contributed by atoms with E-state index in [1.165, 1.54) is 0 Å². The van der Waals surface area contributed by atoms with E-state index >= 15 is 0 Å². The van der Waals surface area contributed by atoms with Crippen molar-refractivity contribution in [1.82, 2.24) is 0 Å². The van der Waals surface area contributed by atoms with Gasteiger partial charge in [-0.3, -0.25) is 0 Å². The summed E-state index contributed by atoms with van der Waals surface area (Å²) in [7, 11) is -2.09. The van der Waals surface area contributed by atoms with E-state index in [2.05, 4.69) is 45.7 Å². The molecule has 0 aliphatic carbocycles. The predicted molar refractivity (Wildman–Crippen MR) is 211 cm³/mol. The molecule has 53 heavy (non-hydrogen) atoms. The zero-order chi connectivity index (χ0) is 37.7. The molecular formula is C45H56O7Si. The highest BCUT2D eigenvalue weighted by atomic mass is 28.4. The van der Waals surface area contributed by atoms with Crippen molar-refractivity contribution >= 4 is 8.32 Å². The van der Waals surface area contributed by atoms with E-state index in [1.807, 2.05) is 128 Å². The van der Waals surface area contributed by atoms with Crippen LogP contribution in [0.1, 0.15) is 49.9 Å². The first-order valence-corrected chi connectivity index (χ1v) is 21.5. The molecule has 7 nitrogen and oxygen atoms in total. The molecule has 282 valence electrons. The van der Waals surface area contributed by atoms with E-state index in [9.17, 15) is 5.11 Å². The van der Waals surface area contributed by atoms with Crippen molar-refractivity contribution in [1.29, 1.82) is 0 Å². The van der Waals surface area contributed by atoms with Crippen LogP contribution in [0.25, 0.3) is 0 Å². The lowest BCUT2D eigenvalue weighted by atomic mass is 9.91. The minimum Gasteiger partial charge on any atom is -0.404 e. The number of hydrogen-bond acceptors (Lipinski definition) is 7. The van der Waals surface area contributed by atoms with Crippen molar-refractivity contribution < 1.29 is 33.2 Å². The highest BCUT2D eigenvalue weighted by Gasteiger charge is 2.50. The first kappa shape index (κ1) is 40.6. The summed E-state index contributed by atoms with van der Waals surface area (Å²) in [5.41, 5.74) is 4.06. The molecule has 0 aromatic heterocycles. The molecule has 1 N–H and O–H groups in total. The van der Waals surface area contributed by atoms with Gasteiger partial charge in [-0.25, -0.2) is 0 Å². The van der Waals surface area contributed by atoms with Crippen LogP contribution in [-0.4, -0.2) is 62.8 Å². The van der Waals surface area contributed by atoms with Crippen molar-refractivity contribution in [2.45, 2.75) is 115 Å². The van der Waals surface area contributed by atoms with E-state index in [4.69, 9.17) is 28.1 Å². The van der Waals surface area contributed by atoms with Gasteiger partial charge in [0.1, 0.15) is 42.7 Å². The van der Waals surface area contributed by atoms with E-state index in [1.54, 1.807) is 0 Å². The molecular weight excluding hydrogens is 681 g/mol. The second kappa shape index (κ2) is 19.6. The van der Waals surface area contributed by atoms with Crippen molar-refractivity contribution in [2.24, 2.45) is 0 Å². The Morgan fingerprint density at radius 2 is 1.04 bits per heavy atom. The van der Waals surface area contributed by atoms with Crippen LogP contribution in [0.2, 0.25) is 18.1 Å². The maximum atomic E-state index is 11.9. The average Bonchev–Trinajstić information content (AvgIpc) is 3.16. The van der Waals surface area contributed by atoms with Crippen LogP contribution >= 0.6 is 0 Å². The Morgan fingerprint density at radius 3 is 1.49 bits per heavy atom. The summed E-state index contributed by atoms with van der Waals surface area (Å²) in [6.45, 7) is 14.4. The Labute approximate surface area is 317 Å². The molecule has 4 aromatic rings. The predicted octanol–water partition coefficient (Wildman–Crippen LogP) is 8.50. The first-order valence-electron chi connectivity index (χ1n) is 18.6. The molecule has 0 spiro atoms. The van der Waals surface area contributed by atoms with Gasteiger partial charge in [-0.2, -0.15) is 0 Å². The lowest BCUT2D eigenvalue weighted by molar-refractivity contribution is -0.282. The van der Waals surface area contributed by atoms with Crippen LogP contribution in [0, 0.1) is 11.8 Å².